The summed E-state index contributed by atoms with van der Waals surface area (Å²) in [5, 5.41) is 5.18. The predicted molar refractivity (Wildman–Crippen MR) is 100 cm³/mol. The van der Waals surface area contributed by atoms with E-state index >= 15 is 0 Å². The number of methoxy groups -OCH3 is 2. The van der Waals surface area contributed by atoms with Gasteiger partial charge in [0.1, 0.15) is 11.9 Å². The van der Waals surface area contributed by atoms with E-state index in [2.05, 4.69) is 17.6 Å². The van der Waals surface area contributed by atoms with E-state index in [1.807, 2.05) is 36.4 Å². The van der Waals surface area contributed by atoms with Crippen LogP contribution in [0.2, 0.25) is 0 Å². The molecule has 2 N–H and O–H groups in total. The van der Waals surface area contributed by atoms with Crippen LogP contribution in [-0.2, 0) is 20.7 Å². The molecular formula is C20H24N2O4. The van der Waals surface area contributed by atoms with Crippen LogP contribution >= 0.6 is 0 Å². The van der Waals surface area contributed by atoms with E-state index in [4.69, 9.17) is 9.47 Å². The maximum absolute atomic E-state index is 12.1. The summed E-state index contributed by atoms with van der Waals surface area (Å²) in [4.78, 5) is 24.1. The van der Waals surface area contributed by atoms with Gasteiger partial charge in [-0.3, -0.25) is 9.59 Å². The van der Waals surface area contributed by atoms with Gasteiger partial charge in [0, 0.05) is 24.9 Å². The van der Waals surface area contributed by atoms with Gasteiger partial charge in [0.15, 0.2) is 0 Å². The minimum atomic E-state index is -0.721. The van der Waals surface area contributed by atoms with Crippen LogP contribution in [0.15, 0.2) is 48.5 Å². The molecule has 2 amide bonds. The number of para-hydroxylation sites is 1. The van der Waals surface area contributed by atoms with Gasteiger partial charge < -0.3 is 20.1 Å². The largest absolute Gasteiger partial charge is 0.496 e. The Kier molecular flexibility index (Phi) is 7.17. The Morgan fingerprint density at radius 2 is 1.69 bits per heavy atom. The molecule has 0 saturated heterocycles. The molecule has 0 aliphatic heterocycles. The summed E-state index contributed by atoms with van der Waals surface area (Å²) in [7, 11) is 3.11. The summed E-state index contributed by atoms with van der Waals surface area (Å²) in [6.45, 7) is 2.20. The molecule has 0 radical (unpaired) electrons. The van der Waals surface area contributed by atoms with Gasteiger partial charge in [-0.2, -0.15) is 0 Å². The lowest BCUT2D eigenvalue weighted by Gasteiger charge is -2.18. The van der Waals surface area contributed by atoms with Crippen LogP contribution in [-0.4, -0.2) is 32.6 Å². The Morgan fingerprint density at radius 1 is 1.00 bits per heavy atom. The summed E-state index contributed by atoms with van der Waals surface area (Å²) >= 11 is 0. The standard InChI is InChI=1S/C20H24N2O4/c1-4-14-9-11-15(12-10-14)22-20(24)19(23)21-13-18(26-3)16-7-5-6-8-17(16)25-2/h5-12,18H,4,13H2,1-3H3,(H,21,23)(H,22,24). The molecule has 0 heterocycles. The normalized spacial score (nSPS) is 11.5. The second kappa shape index (κ2) is 9.58. The fourth-order valence-corrected chi connectivity index (χ4v) is 2.53. The number of carbonyl (C=O) groups excluding carboxylic acids is 2. The molecule has 2 aromatic carbocycles. The van der Waals surface area contributed by atoms with Gasteiger partial charge >= 0.3 is 11.8 Å². The average Bonchev–Trinajstić information content (AvgIpc) is 2.69. The fourth-order valence-electron chi connectivity index (χ4n) is 2.53. The zero-order chi connectivity index (χ0) is 18.9. The van der Waals surface area contributed by atoms with E-state index in [9.17, 15) is 9.59 Å². The smallest absolute Gasteiger partial charge is 0.313 e. The molecule has 26 heavy (non-hydrogen) atoms. The Labute approximate surface area is 153 Å². The zero-order valence-electron chi connectivity index (χ0n) is 15.2. The van der Waals surface area contributed by atoms with Crippen molar-refractivity contribution in [2.75, 3.05) is 26.1 Å². The van der Waals surface area contributed by atoms with Crippen molar-refractivity contribution in [2.45, 2.75) is 19.4 Å². The van der Waals surface area contributed by atoms with Gasteiger partial charge in [0.05, 0.1) is 7.11 Å². The SMILES string of the molecule is CCc1ccc(NC(=O)C(=O)NCC(OC)c2ccccc2OC)cc1. The number of hydrogen-bond donors (Lipinski definition) is 2. The number of hydrogen-bond acceptors (Lipinski definition) is 4. The Hall–Kier alpha value is -2.86. The molecule has 2 rings (SSSR count). The average molecular weight is 356 g/mol. The number of benzene rings is 2. The second-order valence-corrected chi connectivity index (χ2v) is 5.68. The second-order valence-electron chi connectivity index (χ2n) is 5.68. The molecule has 0 aliphatic rings. The van der Waals surface area contributed by atoms with E-state index in [1.165, 1.54) is 0 Å². The Balaban J connectivity index is 1.94. The van der Waals surface area contributed by atoms with Crippen molar-refractivity contribution < 1.29 is 19.1 Å². The van der Waals surface area contributed by atoms with Crippen molar-refractivity contribution in [1.29, 1.82) is 0 Å². The van der Waals surface area contributed by atoms with E-state index in [1.54, 1.807) is 26.4 Å². The molecule has 1 unspecified atom stereocenters. The van der Waals surface area contributed by atoms with E-state index in [-0.39, 0.29) is 6.54 Å². The number of rotatable bonds is 7. The third-order valence-electron chi connectivity index (χ3n) is 4.04. The third kappa shape index (κ3) is 5.07. The van der Waals surface area contributed by atoms with Gasteiger partial charge in [-0.05, 0) is 30.2 Å². The van der Waals surface area contributed by atoms with E-state index < -0.39 is 17.9 Å². The quantitative estimate of drug-likeness (QED) is 0.748. The van der Waals surface area contributed by atoms with Crippen LogP contribution in [0, 0.1) is 0 Å². The highest BCUT2D eigenvalue weighted by molar-refractivity contribution is 6.39. The summed E-state index contributed by atoms with van der Waals surface area (Å²) in [6, 6.07) is 14.8. The highest BCUT2D eigenvalue weighted by atomic mass is 16.5. The van der Waals surface area contributed by atoms with Gasteiger partial charge in [0.25, 0.3) is 0 Å². The fraction of sp³-hybridized carbons (Fsp3) is 0.300. The number of anilines is 1. The van der Waals surface area contributed by atoms with Crippen molar-refractivity contribution >= 4 is 17.5 Å². The Bertz CT molecular complexity index is 744. The first-order valence-corrected chi connectivity index (χ1v) is 8.42. The molecule has 0 bridgehead atoms. The van der Waals surface area contributed by atoms with Crippen molar-refractivity contribution in [3.05, 3.63) is 59.7 Å². The van der Waals surface area contributed by atoms with Crippen LogP contribution in [0.5, 0.6) is 5.75 Å². The first-order chi connectivity index (χ1) is 12.6. The first kappa shape index (κ1) is 19.5. The zero-order valence-corrected chi connectivity index (χ0v) is 15.2. The molecular weight excluding hydrogens is 332 g/mol. The first-order valence-electron chi connectivity index (χ1n) is 8.42. The van der Waals surface area contributed by atoms with E-state index in [0.717, 1.165) is 17.5 Å². The molecule has 6 nitrogen and oxygen atoms in total. The number of aryl methyl sites for hydroxylation is 1. The number of amides is 2. The maximum Gasteiger partial charge on any atom is 0.313 e. The molecule has 2 aromatic rings. The number of ether oxygens (including phenoxy) is 2. The topological polar surface area (TPSA) is 76.7 Å². The minimum Gasteiger partial charge on any atom is -0.496 e. The monoisotopic (exact) mass is 356 g/mol. The molecule has 0 aromatic heterocycles. The van der Waals surface area contributed by atoms with Gasteiger partial charge in [-0.25, -0.2) is 0 Å². The van der Waals surface area contributed by atoms with Crippen LogP contribution in [0.4, 0.5) is 5.69 Å². The summed E-state index contributed by atoms with van der Waals surface area (Å²) in [5.74, 6) is -0.778. The van der Waals surface area contributed by atoms with Crippen LogP contribution in [0.25, 0.3) is 0 Å². The molecule has 0 aliphatic carbocycles. The van der Waals surface area contributed by atoms with Crippen LogP contribution in [0.1, 0.15) is 24.2 Å². The van der Waals surface area contributed by atoms with Crippen molar-refractivity contribution in [1.82, 2.24) is 5.32 Å². The third-order valence-corrected chi connectivity index (χ3v) is 4.04. The van der Waals surface area contributed by atoms with Crippen molar-refractivity contribution in [3.8, 4) is 5.75 Å². The lowest BCUT2D eigenvalue weighted by Crippen LogP contribution is -2.38. The minimum absolute atomic E-state index is 0.151. The Morgan fingerprint density at radius 3 is 2.31 bits per heavy atom. The van der Waals surface area contributed by atoms with Crippen LogP contribution < -0.4 is 15.4 Å². The van der Waals surface area contributed by atoms with Crippen molar-refractivity contribution in [3.63, 3.8) is 0 Å². The van der Waals surface area contributed by atoms with Crippen LogP contribution in [0.3, 0.4) is 0 Å². The van der Waals surface area contributed by atoms with Gasteiger partial charge in [0.2, 0.25) is 0 Å². The highest BCUT2D eigenvalue weighted by Gasteiger charge is 2.19. The number of nitrogens with one attached hydrogen (secondary N) is 2. The summed E-state index contributed by atoms with van der Waals surface area (Å²) in [6.07, 6.45) is 0.488. The lowest BCUT2D eigenvalue weighted by molar-refractivity contribution is -0.136. The molecule has 1 atom stereocenters. The highest BCUT2D eigenvalue weighted by Crippen LogP contribution is 2.26. The van der Waals surface area contributed by atoms with Gasteiger partial charge in [-0.1, -0.05) is 37.3 Å². The molecule has 6 heteroatoms. The number of carbonyl (C=O) groups is 2. The summed E-state index contributed by atoms with van der Waals surface area (Å²) < 4.78 is 10.7. The predicted octanol–water partition coefficient (Wildman–Crippen LogP) is 2.70. The van der Waals surface area contributed by atoms with E-state index in [0.29, 0.717) is 11.4 Å². The lowest BCUT2D eigenvalue weighted by atomic mass is 10.1. The molecule has 0 fully saturated rings. The van der Waals surface area contributed by atoms with Gasteiger partial charge in [-0.15, -0.1) is 0 Å². The van der Waals surface area contributed by atoms with Crippen molar-refractivity contribution in [2.24, 2.45) is 0 Å². The summed E-state index contributed by atoms with van der Waals surface area (Å²) in [5.41, 5.74) is 2.54. The molecule has 0 spiro atoms. The molecule has 0 saturated carbocycles. The molecule has 138 valence electrons. The maximum atomic E-state index is 12.1.